The van der Waals surface area contributed by atoms with E-state index in [9.17, 15) is 4.79 Å². The standard InChI is InChI=1S/C16H26N2O/c1-5-13-6-8-14(9-7-13)12-18(4)15(19)16(2,3)10-11-17/h6-9H,5,10-12,17H2,1-4H3. The van der Waals surface area contributed by atoms with Crippen LogP contribution in [-0.2, 0) is 17.8 Å². The summed E-state index contributed by atoms with van der Waals surface area (Å²) in [5.74, 6) is 0.150. The number of aryl methyl sites for hydroxylation is 1. The van der Waals surface area contributed by atoms with Gasteiger partial charge in [0, 0.05) is 19.0 Å². The van der Waals surface area contributed by atoms with Gasteiger partial charge in [-0.2, -0.15) is 0 Å². The summed E-state index contributed by atoms with van der Waals surface area (Å²) in [6.07, 6.45) is 1.75. The quantitative estimate of drug-likeness (QED) is 0.856. The third-order valence-corrected chi connectivity index (χ3v) is 3.55. The van der Waals surface area contributed by atoms with Gasteiger partial charge in [0.2, 0.25) is 5.91 Å². The monoisotopic (exact) mass is 262 g/mol. The Kier molecular flexibility index (Phi) is 5.55. The van der Waals surface area contributed by atoms with Crippen molar-refractivity contribution < 1.29 is 4.79 Å². The van der Waals surface area contributed by atoms with E-state index >= 15 is 0 Å². The van der Waals surface area contributed by atoms with Crippen LogP contribution in [0.2, 0.25) is 0 Å². The van der Waals surface area contributed by atoms with Crippen LogP contribution in [0.4, 0.5) is 0 Å². The van der Waals surface area contributed by atoms with Crippen molar-refractivity contribution in [3.05, 3.63) is 35.4 Å². The smallest absolute Gasteiger partial charge is 0.228 e. The summed E-state index contributed by atoms with van der Waals surface area (Å²) in [6, 6.07) is 8.44. The summed E-state index contributed by atoms with van der Waals surface area (Å²) in [5.41, 5.74) is 7.67. The minimum Gasteiger partial charge on any atom is -0.341 e. The predicted molar refractivity (Wildman–Crippen MR) is 79.7 cm³/mol. The van der Waals surface area contributed by atoms with Gasteiger partial charge in [-0.25, -0.2) is 0 Å². The Morgan fingerprint density at radius 3 is 2.21 bits per heavy atom. The van der Waals surface area contributed by atoms with E-state index in [2.05, 4.69) is 31.2 Å². The lowest BCUT2D eigenvalue weighted by Gasteiger charge is -2.29. The van der Waals surface area contributed by atoms with Crippen LogP contribution in [0.1, 0.15) is 38.3 Å². The molecule has 0 radical (unpaired) electrons. The number of nitrogens with two attached hydrogens (primary N) is 1. The van der Waals surface area contributed by atoms with Gasteiger partial charge in [-0.05, 0) is 30.5 Å². The molecule has 1 amide bonds. The molecule has 0 unspecified atom stereocenters. The van der Waals surface area contributed by atoms with E-state index in [-0.39, 0.29) is 11.3 Å². The third-order valence-electron chi connectivity index (χ3n) is 3.55. The van der Waals surface area contributed by atoms with E-state index in [4.69, 9.17) is 5.73 Å². The maximum Gasteiger partial charge on any atom is 0.228 e. The van der Waals surface area contributed by atoms with Gasteiger partial charge in [0.25, 0.3) is 0 Å². The van der Waals surface area contributed by atoms with E-state index in [1.165, 1.54) is 5.56 Å². The van der Waals surface area contributed by atoms with Gasteiger partial charge in [-0.15, -0.1) is 0 Å². The van der Waals surface area contributed by atoms with Gasteiger partial charge in [-0.1, -0.05) is 45.0 Å². The van der Waals surface area contributed by atoms with Crippen LogP contribution in [0, 0.1) is 5.41 Å². The summed E-state index contributed by atoms with van der Waals surface area (Å²) in [7, 11) is 1.86. The molecule has 2 N–H and O–H groups in total. The van der Waals surface area contributed by atoms with Crippen LogP contribution in [0.15, 0.2) is 24.3 Å². The largest absolute Gasteiger partial charge is 0.341 e. The number of carbonyl (C=O) groups excluding carboxylic acids is 1. The second kappa shape index (κ2) is 6.71. The van der Waals surface area contributed by atoms with Crippen LogP contribution in [-0.4, -0.2) is 24.4 Å². The Labute approximate surface area is 116 Å². The first-order valence-electron chi connectivity index (χ1n) is 6.94. The molecule has 3 heteroatoms. The average molecular weight is 262 g/mol. The lowest BCUT2D eigenvalue weighted by molar-refractivity contribution is -0.139. The lowest BCUT2D eigenvalue weighted by atomic mass is 9.87. The van der Waals surface area contributed by atoms with Crippen LogP contribution < -0.4 is 5.73 Å². The molecule has 0 bridgehead atoms. The molecule has 0 fully saturated rings. The zero-order valence-electron chi connectivity index (χ0n) is 12.6. The van der Waals surface area contributed by atoms with Crippen LogP contribution in [0.3, 0.4) is 0 Å². The van der Waals surface area contributed by atoms with E-state index in [0.717, 1.165) is 12.0 Å². The molecule has 3 nitrogen and oxygen atoms in total. The number of benzene rings is 1. The minimum absolute atomic E-state index is 0.150. The topological polar surface area (TPSA) is 46.3 Å². The second-order valence-corrected chi connectivity index (χ2v) is 5.75. The summed E-state index contributed by atoms with van der Waals surface area (Å²) in [5, 5.41) is 0. The Morgan fingerprint density at radius 1 is 1.21 bits per heavy atom. The molecular weight excluding hydrogens is 236 g/mol. The molecule has 0 aliphatic rings. The van der Waals surface area contributed by atoms with Crippen molar-refractivity contribution in [2.45, 2.75) is 40.2 Å². The SMILES string of the molecule is CCc1ccc(CN(C)C(=O)C(C)(C)CCN)cc1. The van der Waals surface area contributed by atoms with Crippen molar-refractivity contribution >= 4 is 5.91 Å². The summed E-state index contributed by atoms with van der Waals surface area (Å²) in [4.78, 5) is 14.1. The second-order valence-electron chi connectivity index (χ2n) is 5.75. The Bertz CT molecular complexity index is 409. The average Bonchev–Trinajstić information content (AvgIpc) is 2.38. The Morgan fingerprint density at radius 2 is 1.74 bits per heavy atom. The van der Waals surface area contributed by atoms with Crippen molar-refractivity contribution in [2.75, 3.05) is 13.6 Å². The lowest BCUT2D eigenvalue weighted by Crippen LogP contribution is -2.39. The summed E-state index contributed by atoms with van der Waals surface area (Å²) >= 11 is 0. The fraction of sp³-hybridized carbons (Fsp3) is 0.562. The van der Waals surface area contributed by atoms with Gasteiger partial charge >= 0.3 is 0 Å². The van der Waals surface area contributed by atoms with Crippen molar-refractivity contribution in [2.24, 2.45) is 11.1 Å². The molecule has 1 aromatic carbocycles. The minimum atomic E-state index is -0.382. The molecule has 0 atom stereocenters. The Balaban J connectivity index is 2.67. The van der Waals surface area contributed by atoms with Crippen LogP contribution in [0.25, 0.3) is 0 Å². The molecule has 1 aromatic rings. The number of hydrogen-bond acceptors (Lipinski definition) is 2. The molecule has 0 heterocycles. The van der Waals surface area contributed by atoms with Crippen molar-refractivity contribution in [1.29, 1.82) is 0 Å². The van der Waals surface area contributed by atoms with Crippen molar-refractivity contribution in [3.63, 3.8) is 0 Å². The summed E-state index contributed by atoms with van der Waals surface area (Å²) < 4.78 is 0. The molecule has 0 aromatic heterocycles. The van der Waals surface area contributed by atoms with Gasteiger partial charge in [0.05, 0.1) is 0 Å². The van der Waals surface area contributed by atoms with Gasteiger partial charge < -0.3 is 10.6 Å². The first kappa shape index (κ1) is 15.7. The van der Waals surface area contributed by atoms with Crippen molar-refractivity contribution in [1.82, 2.24) is 4.90 Å². The van der Waals surface area contributed by atoms with Crippen LogP contribution in [0.5, 0.6) is 0 Å². The predicted octanol–water partition coefficient (Wildman–Crippen LogP) is 2.58. The van der Waals surface area contributed by atoms with Gasteiger partial charge in [-0.3, -0.25) is 4.79 Å². The third kappa shape index (κ3) is 4.35. The zero-order valence-corrected chi connectivity index (χ0v) is 12.6. The van der Waals surface area contributed by atoms with E-state index in [1.807, 2.05) is 20.9 Å². The normalized spacial score (nSPS) is 11.4. The van der Waals surface area contributed by atoms with E-state index in [0.29, 0.717) is 19.5 Å². The number of hydrogen-bond donors (Lipinski definition) is 1. The molecule has 106 valence electrons. The maximum absolute atomic E-state index is 12.4. The first-order chi connectivity index (χ1) is 8.90. The molecule has 1 rings (SSSR count). The number of nitrogens with zero attached hydrogens (tertiary/aromatic N) is 1. The highest BCUT2D eigenvalue weighted by Crippen LogP contribution is 2.23. The zero-order chi connectivity index (χ0) is 14.5. The van der Waals surface area contributed by atoms with E-state index < -0.39 is 0 Å². The first-order valence-corrected chi connectivity index (χ1v) is 6.94. The number of carbonyl (C=O) groups is 1. The number of rotatable bonds is 6. The fourth-order valence-corrected chi connectivity index (χ4v) is 2.21. The highest BCUT2D eigenvalue weighted by molar-refractivity contribution is 5.81. The fourth-order valence-electron chi connectivity index (χ4n) is 2.21. The molecular formula is C16H26N2O. The Hall–Kier alpha value is -1.35. The molecule has 19 heavy (non-hydrogen) atoms. The van der Waals surface area contributed by atoms with Crippen molar-refractivity contribution in [3.8, 4) is 0 Å². The van der Waals surface area contributed by atoms with Gasteiger partial charge in [0.15, 0.2) is 0 Å². The highest BCUT2D eigenvalue weighted by atomic mass is 16.2. The maximum atomic E-state index is 12.4. The molecule has 0 aliphatic heterocycles. The summed E-state index contributed by atoms with van der Waals surface area (Å²) in [6.45, 7) is 7.24. The highest BCUT2D eigenvalue weighted by Gasteiger charge is 2.29. The molecule has 0 saturated heterocycles. The molecule has 0 spiro atoms. The number of amides is 1. The molecule has 0 saturated carbocycles. The van der Waals surface area contributed by atoms with Crippen LogP contribution >= 0.6 is 0 Å². The van der Waals surface area contributed by atoms with Gasteiger partial charge in [0.1, 0.15) is 0 Å². The van der Waals surface area contributed by atoms with E-state index in [1.54, 1.807) is 4.90 Å². The molecule has 0 aliphatic carbocycles.